The van der Waals surface area contributed by atoms with E-state index in [1.807, 2.05) is 0 Å². The maximum absolute atomic E-state index is 13.4. The number of nitrogens with zero attached hydrogens (tertiary/aromatic N) is 5. The number of benzene rings is 2. The van der Waals surface area contributed by atoms with Crippen molar-refractivity contribution in [3.63, 3.8) is 0 Å². The van der Waals surface area contributed by atoms with E-state index >= 15 is 0 Å². The van der Waals surface area contributed by atoms with Gasteiger partial charge in [0.05, 0.1) is 32.0 Å². The van der Waals surface area contributed by atoms with Crippen molar-refractivity contribution in [3.05, 3.63) is 90.6 Å². The zero-order valence-corrected chi connectivity index (χ0v) is 20.1. The lowest BCUT2D eigenvalue weighted by Crippen LogP contribution is -2.58. The molecule has 4 N–H and O–H groups in total. The van der Waals surface area contributed by atoms with Gasteiger partial charge in [0, 0.05) is 5.02 Å². The number of aromatic nitrogens is 3. The minimum absolute atomic E-state index is 0.0292. The van der Waals surface area contributed by atoms with Crippen LogP contribution >= 0.6 is 11.6 Å². The average Bonchev–Trinajstić information content (AvgIpc) is 3.72. The minimum Gasteiger partial charge on any atom is -0.493 e. The second-order valence-corrected chi connectivity index (χ2v) is 8.95. The van der Waals surface area contributed by atoms with E-state index in [-0.39, 0.29) is 25.3 Å². The fourth-order valence-corrected chi connectivity index (χ4v) is 3.64. The number of nitrogens with two attached hydrogens (primary N) is 2. The van der Waals surface area contributed by atoms with Crippen LogP contribution in [0, 0.1) is 10.8 Å². The molecule has 4 rings (SSSR count). The summed E-state index contributed by atoms with van der Waals surface area (Å²) >= 11 is 5.99. The fraction of sp³-hybridized carbons (Fsp3) is 0.348. The molecule has 0 saturated heterocycles. The second kappa shape index (κ2) is 11.3. The van der Waals surface area contributed by atoms with Gasteiger partial charge in [-0.1, -0.05) is 28.9 Å². The molecule has 3 aromatic rings. The highest BCUT2D eigenvalue weighted by Gasteiger charge is 2.22. The number of hydrogen-bond donors (Lipinski definition) is 2. The van der Waals surface area contributed by atoms with Gasteiger partial charge in [-0.3, -0.25) is 4.57 Å². The summed E-state index contributed by atoms with van der Waals surface area (Å²) in [5.74, 6) is 12.5. The van der Waals surface area contributed by atoms with Gasteiger partial charge in [0.2, 0.25) is 5.62 Å². The van der Waals surface area contributed by atoms with Crippen LogP contribution in [0.2, 0.25) is 5.02 Å². The first kappa shape index (κ1) is 25.4. The van der Waals surface area contributed by atoms with Crippen LogP contribution in [0.3, 0.4) is 0 Å². The van der Waals surface area contributed by atoms with Crippen molar-refractivity contribution in [3.8, 4) is 5.75 Å². The molecule has 0 unspecified atom stereocenters. The lowest BCUT2D eigenvalue weighted by atomic mass is 10.2. The maximum Gasteiger partial charge on any atom is 0.353 e. The molecular weight excluding hydrogens is 490 g/mol. The van der Waals surface area contributed by atoms with Gasteiger partial charge < -0.3 is 15.4 Å². The van der Waals surface area contributed by atoms with Gasteiger partial charge in [-0.05, 0) is 60.7 Å². The topological polar surface area (TPSA) is 161 Å². The van der Waals surface area contributed by atoms with E-state index < -0.39 is 17.4 Å². The van der Waals surface area contributed by atoms with Gasteiger partial charge in [0.1, 0.15) is 11.8 Å². The Morgan fingerprint density at radius 2 is 1.72 bits per heavy atom. The van der Waals surface area contributed by atoms with Crippen LogP contribution in [0.1, 0.15) is 18.4 Å². The van der Waals surface area contributed by atoms with E-state index in [4.69, 9.17) is 28.1 Å². The third-order valence-corrected chi connectivity index (χ3v) is 5.94. The van der Waals surface area contributed by atoms with Crippen LogP contribution < -0.4 is 33.5 Å². The largest absolute Gasteiger partial charge is 0.493 e. The molecule has 13 heteroatoms. The molecule has 1 aromatic heterocycles. The monoisotopic (exact) mass is 515 g/mol. The normalized spacial score (nSPS) is 14.6. The summed E-state index contributed by atoms with van der Waals surface area (Å²) in [7, 11) is 0. The molecule has 1 aliphatic rings. The smallest absolute Gasteiger partial charge is 0.353 e. The van der Waals surface area contributed by atoms with Gasteiger partial charge in [-0.15, -0.1) is 0 Å². The highest BCUT2D eigenvalue weighted by molar-refractivity contribution is 6.30. The van der Waals surface area contributed by atoms with E-state index in [0.717, 1.165) is 9.24 Å². The summed E-state index contributed by atoms with van der Waals surface area (Å²) in [5, 5.41) is 3.40. The molecule has 36 heavy (non-hydrogen) atoms. The van der Waals surface area contributed by atoms with E-state index in [1.165, 1.54) is 17.4 Å². The van der Waals surface area contributed by atoms with Crippen molar-refractivity contribution >= 4 is 17.3 Å². The van der Waals surface area contributed by atoms with Gasteiger partial charge in [0.15, 0.2) is 0 Å². The van der Waals surface area contributed by atoms with Crippen LogP contribution in [0.4, 0.5) is 5.69 Å². The first-order chi connectivity index (χ1) is 17.4. The Kier molecular flexibility index (Phi) is 7.98. The van der Waals surface area contributed by atoms with Crippen LogP contribution in [0.15, 0.2) is 68.3 Å². The Balaban J connectivity index is 1.78. The lowest BCUT2D eigenvalue weighted by molar-refractivity contribution is 0.118. The van der Waals surface area contributed by atoms with Crippen molar-refractivity contribution in [2.75, 3.05) is 19.1 Å². The highest BCUT2D eigenvalue weighted by atomic mass is 35.5. The molecule has 1 saturated carbocycles. The molecule has 0 aliphatic heterocycles. The van der Waals surface area contributed by atoms with Gasteiger partial charge in [-0.2, -0.15) is 9.58 Å². The molecule has 12 nitrogen and oxygen atoms in total. The van der Waals surface area contributed by atoms with E-state index in [2.05, 4.69) is 15.0 Å². The molecule has 2 aromatic carbocycles. The van der Waals surface area contributed by atoms with Gasteiger partial charge >= 0.3 is 11.4 Å². The first-order valence-corrected chi connectivity index (χ1v) is 11.7. The molecule has 1 fully saturated rings. The summed E-state index contributed by atoms with van der Waals surface area (Å²) < 4.78 is 8.53. The summed E-state index contributed by atoms with van der Waals surface area (Å²) in [4.78, 5) is 46.5. The Morgan fingerprint density at radius 3 is 2.33 bits per heavy atom. The SMILES string of the molecule is NOC[C@H](Cn1c(=O)n(N)/c(=N\c2ccc(OCC3CC3)cc2)n(Cc2ccc(Cl)cc2)c1=O)N=O. The maximum atomic E-state index is 13.4. The molecule has 1 heterocycles. The number of ether oxygens (including phenoxy) is 1. The van der Waals surface area contributed by atoms with Crippen LogP contribution in [0.5, 0.6) is 5.75 Å². The summed E-state index contributed by atoms with van der Waals surface area (Å²) in [6.07, 6.45) is 2.37. The average molecular weight is 516 g/mol. The molecule has 0 bridgehead atoms. The summed E-state index contributed by atoms with van der Waals surface area (Å²) in [6.45, 7) is 0.0490. The van der Waals surface area contributed by atoms with E-state index in [1.54, 1.807) is 48.5 Å². The third-order valence-electron chi connectivity index (χ3n) is 5.69. The molecule has 190 valence electrons. The number of halogens is 1. The highest BCUT2D eigenvalue weighted by Crippen LogP contribution is 2.29. The predicted molar refractivity (Wildman–Crippen MR) is 133 cm³/mol. The second-order valence-electron chi connectivity index (χ2n) is 8.51. The Morgan fingerprint density at radius 1 is 1.03 bits per heavy atom. The third kappa shape index (κ3) is 6.08. The summed E-state index contributed by atoms with van der Waals surface area (Å²) in [5.41, 5.74) is -0.527. The molecule has 0 radical (unpaired) electrons. The van der Waals surface area contributed by atoms with Gasteiger partial charge in [0.25, 0.3) is 0 Å². The predicted octanol–water partition coefficient (Wildman–Crippen LogP) is 1.27. The Hall–Kier alpha value is -3.74. The quantitative estimate of drug-likeness (QED) is 0.221. The number of hydrogen-bond acceptors (Lipinski definition) is 9. The molecule has 1 atom stereocenters. The lowest BCUT2D eigenvalue weighted by Gasteiger charge is -2.15. The zero-order chi connectivity index (χ0) is 25.7. The first-order valence-electron chi connectivity index (χ1n) is 11.3. The number of nitroso groups, excluding NO2 is 1. The van der Waals surface area contributed by atoms with E-state index in [0.29, 0.717) is 34.5 Å². The summed E-state index contributed by atoms with van der Waals surface area (Å²) in [6, 6.07) is 12.7. The van der Waals surface area contributed by atoms with Crippen LogP contribution in [0.25, 0.3) is 0 Å². The molecule has 0 spiro atoms. The van der Waals surface area contributed by atoms with Crippen LogP contribution in [-0.4, -0.2) is 33.1 Å². The molecular formula is C23H26ClN7O5. The Labute approximate surface area is 210 Å². The van der Waals surface area contributed by atoms with Crippen molar-refractivity contribution in [2.24, 2.45) is 22.0 Å². The number of rotatable bonds is 11. The number of nitrogen functional groups attached to an aromatic ring is 1. The zero-order valence-electron chi connectivity index (χ0n) is 19.3. The van der Waals surface area contributed by atoms with Crippen LogP contribution in [-0.2, 0) is 17.9 Å². The van der Waals surface area contributed by atoms with E-state index in [9.17, 15) is 14.5 Å². The molecule has 1 aliphatic carbocycles. The Bertz CT molecular complexity index is 1390. The van der Waals surface area contributed by atoms with Crippen molar-refractivity contribution < 1.29 is 9.57 Å². The van der Waals surface area contributed by atoms with Gasteiger partial charge in [-0.25, -0.2) is 25.0 Å². The minimum atomic E-state index is -1.07. The van der Waals surface area contributed by atoms with Crippen molar-refractivity contribution in [2.45, 2.75) is 32.0 Å². The van der Waals surface area contributed by atoms with Crippen molar-refractivity contribution in [1.29, 1.82) is 0 Å². The van der Waals surface area contributed by atoms with Crippen molar-refractivity contribution in [1.82, 2.24) is 13.8 Å². The fourth-order valence-electron chi connectivity index (χ4n) is 3.51. The molecule has 0 amide bonds. The standard InChI is InChI=1S/C23H26ClN7O5/c24-17-5-3-15(4-6-17)11-29-21(27-18-7-9-20(10-8-18)35-13-16-1-2-16)31(25)23(33)30(22(29)32)12-19(28-34)14-36-26/h3-10,16,19H,1-2,11-14,25-26H2/b27-21-/t19-/m0/s1.